The second-order valence-corrected chi connectivity index (χ2v) is 5.91. The van der Waals surface area contributed by atoms with Crippen molar-refractivity contribution in [2.75, 3.05) is 0 Å². The molecule has 0 fully saturated rings. The molecule has 0 atom stereocenters. The lowest BCUT2D eigenvalue weighted by Crippen LogP contribution is -2.08. The standard InChI is InChI=1S/C15H5F6NO3S/c16-4-1-7-11(22-3-4)8(13(26-7)14(23)24)5-2-6(17)10(19)12(9(5)18)25-15(20)21/h1-3,15H,(H,23,24). The Labute approximate surface area is 144 Å². The van der Waals surface area contributed by atoms with E-state index in [0.717, 1.165) is 6.07 Å². The van der Waals surface area contributed by atoms with E-state index in [-0.39, 0.29) is 10.2 Å². The highest BCUT2D eigenvalue weighted by atomic mass is 32.1. The quantitative estimate of drug-likeness (QED) is 0.510. The average molecular weight is 393 g/mol. The van der Waals surface area contributed by atoms with Gasteiger partial charge in [0, 0.05) is 11.1 Å². The molecule has 0 saturated carbocycles. The van der Waals surface area contributed by atoms with Crippen molar-refractivity contribution in [3.8, 4) is 16.9 Å². The molecule has 0 radical (unpaired) electrons. The number of thiophene rings is 1. The van der Waals surface area contributed by atoms with Crippen molar-refractivity contribution < 1.29 is 41.0 Å². The molecule has 1 N–H and O–H groups in total. The second kappa shape index (κ2) is 6.48. The highest BCUT2D eigenvalue weighted by Gasteiger charge is 2.29. The SMILES string of the molecule is O=C(O)c1sc2cc(F)cnc2c1-c1cc(F)c(F)c(OC(F)F)c1F. The third-order valence-electron chi connectivity index (χ3n) is 3.28. The molecule has 2 heterocycles. The van der Waals surface area contributed by atoms with E-state index in [1.165, 1.54) is 0 Å². The molecular weight excluding hydrogens is 388 g/mol. The number of rotatable bonds is 4. The minimum atomic E-state index is -3.65. The average Bonchev–Trinajstić information content (AvgIpc) is 2.93. The number of pyridine rings is 1. The summed E-state index contributed by atoms with van der Waals surface area (Å²) in [7, 11) is 0. The van der Waals surface area contributed by atoms with Gasteiger partial charge in [-0.25, -0.2) is 18.0 Å². The Balaban J connectivity index is 2.38. The van der Waals surface area contributed by atoms with Crippen LogP contribution in [0.2, 0.25) is 0 Å². The number of fused-ring (bicyclic) bond motifs is 1. The molecule has 3 rings (SSSR count). The molecule has 26 heavy (non-hydrogen) atoms. The van der Waals surface area contributed by atoms with Crippen LogP contribution in [0.25, 0.3) is 21.3 Å². The third-order valence-corrected chi connectivity index (χ3v) is 4.40. The van der Waals surface area contributed by atoms with Gasteiger partial charge in [0.25, 0.3) is 0 Å². The van der Waals surface area contributed by atoms with Crippen LogP contribution in [-0.4, -0.2) is 22.7 Å². The van der Waals surface area contributed by atoms with Crippen LogP contribution in [0.15, 0.2) is 18.3 Å². The molecule has 0 aliphatic carbocycles. The third kappa shape index (κ3) is 2.94. The summed E-state index contributed by atoms with van der Waals surface area (Å²) in [5.41, 5.74) is -1.59. The number of ether oxygens (including phenoxy) is 1. The van der Waals surface area contributed by atoms with Crippen molar-refractivity contribution in [2.24, 2.45) is 0 Å². The zero-order valence-electron chi connectivity index (χ0n) is 12.2. The number of hydrogen-bond acceptors (Lipinski definition) is 4. The number of benzene rings is 1. The number of nitrogens with zero attached hydrogens (tertiary/aromatic N) is 1. The summed E-state index contributed by atoms with van der Waals surface area (Å²) >= 11 is 0.506. The number of aromatic carboxylic acids is 1. The van der Waals surface area contributed by atoms with E-state index < -0.39 is 57.6 Å². The van der Waals surface area contributed by atoms with Crippen LogP contribution in [0.1, 0.15) is 9.67 Å². The zero-order valence-corrected chi connectivity index (χ0v) is 13.0. The number of aromatic nitrogens is 1. The molecule has 136 valence electrons. The molecular formula is C15H5F6NO3S. The molecule has 0 bridgehead atoms. The Bertz CT molecular complexity index is 1040. The summed E-state index contributed by atoms with van der Waals surface area (Å²) in [6.45, 7) is -3.65. The summed E-state index contributed by atoms with van der Waals surface area (Å²) in [4.78, 5) is 14.5. The minimum absolute atomic E-state index is 0.0159. The first kappa shape index (κ1) is 18.0. The lowest BCUT2D eigenvalue weighted by atomic mass is 10.0. The fraction of sp³-hybridized carbons (Fsp3) is 0.0667. The van der Waals surface area contributed by atoms with E-state index >= 15 is 0 Å². The first-order valence-electron chi connectivity index (χ1n) is 6.64. The Kier molecular flexibility index (Phi) is 4.48. The van der Waals surface area contributed by atoms with Crippen LogP contribution in [0.3, 0.4) is 0 Å². The molecule has 0 amide bonds. The lowest BCUT2D eigenvalue weighted by molar-refractivity contribution is -0.0549. The number of hydrogen-bond donors (Lipinski definition) is 1. The van der Waals surface area contributed by atoms with Crippen LogP contribution < -0.4 is 4.74 Å². The van der Waals surface area contributed by atoms with E-state index in [9.17, 15) is 36.2 Å². The second-order valence-electron chi connectivity index (χ2n) is 4.85. The largest absolute Gasteiger partial charge is 0.477 e. The minimum Gasteiger partial charge on any atom is -0.477 e. The Morgan fingerprint density at radius 1 is 1.15 bits per heavy atom. The smallest absolute Gasteiger partial charge is 0.387 e. The maximum atomic E-state index is 14.5. The maximum Gasteiger partial charge on any atom is 0.387 e. The number of carboxylic acid groups (broad SMARTS) is 1. The van der Waals surface area contributed by atoms with Gasteiger partial charge in [0.05, 0.1) is 16.4 Å². The van der Waals surface area contributed by atoms with Gasteiger partial charge in [0.1, 0.15) is 10.7 Å². The number of carbonyl (C=O) groups is 1. The van der Waals surface area contributed by atoms with Gasteiger partial charge < -0.3 is 9.84 Å². The highest BCUT2D eigenvalue weighted by molar-refractivity contribution is 7.21. The van der Waals surface area contributed by atoms with E-state index in [4.69, 9.17) is 0 Å². The summed E-state index contributed by atoms with van der Waals surface area (Å²) in [5.74, 6) is -9.57. The van der Waals surface area contributed by atoms with Crippen LogP contribution in [0, 0.1) is 23.3 Å². The van der Waals surface area contributed by atoms with Gasteiger partial charge in [-0.2, -0.15) is 13.2 Å². The Morgan fingerprint density at radius 2 is 1.85 bits per heavy atom. The highest BCUT2D eigenvalue weighted by Crippen LogP contribution is 2.42. The lowest BCUT2D eigenvalue weighted by Gasteiger charge is -2.11. The fourth-order valence-electron chi connectivity index (χ4n) is 2.31. The Morgan fingerprint density at radius 3 is 2.46 bits per heavy atom. The predicted octanol–water partition coefficient (Wildman–Crippen LogP) is 4.82. The van der Waals surface area contributed by atoms with Gasteiger partial charge in [-0.15, -0.1) is 11.3 Å². The van der Waals surface area contributed by atoms with Crippen molar-refractivity contribution in [2.45, 2.75) is 6.61 Å². The number of halogens is 6. The topological polar surface area (TPSA) is 59.4 Å². The van der Waals surface area contributed by atoms with Gasteiger partial charge in [-0.1, -0.05) is 0 Å². The molecule has 4 nitrogen and oxygen atoms in total. The molecule has 0 spiro atoms. The first-order valence-corrected chi connectivity index (χ1v) is 7.46. The summed E-state index contributed by atoms with van der Waals surface area (Å²) in [6.07, 6.45) is 0.707. The van der Waals surface area contributed by atoms with Gasteiger partial charge in [0.2, 0.25) is 11.6 Å². The van der Waals surface area contributed by atoms with E-state index in [2.05, 4.69) is 9.72 Å². The van der Waals surface area contributed by atoms with Crippen molar-refractivity contribution in [3.63, 3.8) is 0 Å². The molecule has 0 aliphatic heterocycles. The maximum absolute atomic E-state index is 14.5. The van der Waals surface area contributed by atoms with E-state index in [1.807, 2.05) is 0 Å². The number of carboxylic acids is 1. The van der Waals surface area contributed by atoms with Gasteiger partial charge in [-0.05, 0) is 12.1 Å². The van der Waals surface area contributed by atoms with Crippen LogP contribution in [0.5, 0.6) is 5.75 Å². The van der Waals surface area contributed by atoms with Gasteiger partial charge in [-0.3, -0.25) is 4.98 Å². The summed E-state index contributed by atoms with van der Waals surface area (Å²) in [5, 5.41) is 9.27. The molecule has 11 heteroatoms. The number of alkyl halides is 2. The summed E-state index contributed by atoms with van der Waals surface area (Å²) < 4.78 is 83.6. The van der Waals surface area contributed by atoms with Crippen molar-refractivity contribution in [3.05, 3.63) is 46.5 Å². The normalized spacial score (nSPS) is 11.3. The molecule has 2 aromatic heterocycles. The van der Waals surface area contributed by atoms with Crippen molar-refractivity contribution in [1.29, 1.82) is 0 Å². The predicted molar refractivity (Wildman–Crippen MR) is 78.5 cm³/mol. The van der Waals surface area contributed by atoms with Crippen molar-refractivity contribution in [1.82, 2.24) is 4.98 Å². The molecule has 3 aromatic rings. The van der Waals surface area contributed by atoms with E-state index in [0.29, 0.717) is 23.6 Å². The molecule has 0 saturated heterocycles. The van der Waals surface area contributed by atoms with Crippen LogP contribution >= 0.6 is 11.3 Å². The Hall–Kier alpha value is -2.82. The molecule has 0 aliphatic rings. The van der Waals surface area contributed by atoms with Gasteiger partial charge in [0.15, 0.2) is 11.6 Å². The van der Waals surface area contributed by atoms with E-state index in [1.54, 1.807) is 0 Å². The van der Waals surface area contributed by atoms with Gasteiger partial charge >= 0.3 is 12.6 Å². The van der Waals surface area contributed by atoms with Crippen molar-refractivity contribution >= 4 is 27.5 Å². The fourth-order valence-corrected chi connectivity index (χ4v) is 3.35. The molecule has 0 unspecified atom stereocenters. The monoisotopic (exact) mass is 393 g/mol. The van der Waals surface area contributed by atoms with Crippen LogP contribution in [0.4, 0.5) is 26.3 Å². The first-order chi connectivity index (χ1) is 12.2. The zero-order chi connectivity index (χ0) is 19.2. The summed E-state index contributed by atoms with van der Waals surface area (Å²) in [6, 6.07) is 1.21. The van der Waals surface area contributed by atoms with Crippen LogP contribution in [-0.2, 0) is 0 Å². The molecule has 1 aromatic carbocycles.